The van der Waals surface area contributed by atoms with Gasteiger partial charge in [0.05, 0.1) is 0 Å². The van der Waals surface area contributed by atoms with Crippen LogP contribution in [-0.2, 0) is 14.3 Å². The minimum Gasteiger partial charge on any atom is -0.381 e. The van der Waals surface area contributed by atoms with Crippen LogP contribution in [0.1, 0.15) is 33.1 Å². The molecule has 0 bridgehead atoms. The van der Waals surface area contributed by atoms with Gasteiger partial charge in [0.15, 0.2) is 0 Å². The average Bonchev–Trinajstić information content (AvgIpc) is 2.36. The Kier molecular flexibility index (Phi) is 6.49. The van der Waals surface area contributed by atoms with Gasteiger partial charge in [-0.05, 0) is 12.3 Å². The summed E-state index contributed by atoms with van der Waals surface area (Å²) in [6.07, 6.45) is 1.54. The number of hydrazone groups is 1. The van der Waals surface area contributed by atoms with E-state index in [-0.39, 0.29) is 11.8 Å². The van der Waals surface area contributed by atoms with Crippen molar-refractivity contribution >= 4 is 17.5 Å². The van der Waals surface area contributed by atoms with Crippen LogP contribution in [0.4, 0.5) is 0 Å². The number of hydrogen-bond donors (Lipinski definition) is 1. The summed E-state index contributed by atoms with van der Waals surface area (Å²) in [5.41, 5.74) is 0.421. The lowest BCUT2D eigenvalue weighted by molar-refractivity contribution is -0.130. The van der Waals surface area contributed by atoms with E-state index in [1.54, 1.807) is 7.05 Å². The number of rotatable bonds is 7. The van der Waals surface area contributed by atoms with Crippen molar-refractivity contribution in [1.29, 1.82) is 0 Å². The molecule has 6 nitrogen and oxygen atoms in total. The summed E-state index contributed by atoms with van der Waals surface area (Å²) in [5.74, 6) is 0.279. The fraction of sp³-hybridized carbons (Fsp3) is 0.769. The molecule has 0 atom stereocenters. The van der Waals surface area contributed by atoms with Crippen molar-refractivity contribution in [3.8, 4) is 0 Å². The van der Waals surface area contributed by atoms with Gasteiger partial charge in [0.2, 0.25) is 5.91 Å². The molecule has 1 heterocycles. The zero-order valence-corrected chi connectivity index (χ0v) is 11.9. The van der Waals surface area contributed by atoms with Crippen molar-refractivity contribution in [1.82, 2.24) is 10.3 Å². The summed E-state index contributed by atoms with van der Waals surface area (Å²) in [7, 11) is 1.56. The topological polar surface area (TPSA) is 71.0 Å². The summed E-state index contributed by atoms with van der Waals surface area (Å²) in [4.78, 5) is 23.0. The number of nitrogens with one attached hydrogen (secondary N) is 1. The highest BCUT2D eigenvalue weighted by atomic mass is 16.5. The third-order valence-corrected chi connectivity index (χ3v) is 2.67. The molecule has 1 N–H and O–H groups in total. The van der Waals surface area contributed by atoms with Gasteiger partial charge in [-0.1, -0.05) is 13.8 Å². The van der Waals surface area contributed by atoms with E-state index < -0.39 is 0 Å². The predicted molar refractivity (Wildman–Crippen MR) is 72.7 cm³/mol. The Hall–Kier alpha value is -1.43. The van der Waals surface area contributed by atoms with E-state index in [2.05, 4.69) is 24.3 Å². The van der Waals surface area contributed by atoms with Crippen molar-refractivity contribution in [2.24, 2.45) is 11.0 Å². The SMILES string of the molecule is CC(C)COCCCNC(=O)C1=NN(C)C(=O)CC1. The molecule has 1 aliphatic heterocycles. The molecule has 0 aliphatic carbocycles. The highest BCUT2D eigenvalue weighted by Gasteiger charge is 2.21. The molecule has 2 amide bonds. The van der Waals surface area contributed by atoms with Crippen LogP contribution >= 0.6 is 0 Å². The normalized spacial score (nSPS) is 15.7. The van der Waals surface area contributed by atoms with Crippen LogP contribution in [0.3, 0.4) is 0 Å². The molecule has 0 spiro atoms. The zero-order chi connectivity index (χ0) is 14.3. The van der Waals surface area contributed by atoms with Crippen molar-refractivity contribution in [3.05, 3.63) is 0 Å². The van der Waals surface area contributed by atoms with Crippen molar-refractivity contribution in [2.75, 3.05) is 26.8 Å². The predicted octanol–water partition coefficient (Wildman–Crippen LogP) is 0.773. The summed E-state index contributed by atoms with van der Waals surface area (Å²) < 4.78 is 5.42. The van der Waals surface area contributed by atoms with Crippen LogP contribution in [-0.4, -0.2) is 49.3 Å². The summed E-state index contributed by atoms with van der Waals surface area (Å²) in [6.45, 7) is 6.14. The average molecular weight is 269 g/mol. The van der Waals surface area contributed by atoms with Crippen LogP contribution in [0.2, 0.25) is 0 Å². The van der Waals surface area contributed by atoms with Gasteiger partial charge in [-0.2, -0.15) is 5.10 Å². The van der Waals surface area contributed by atoms with Crippen LogP contribution in [0, 0.1) is 5.92 Å². The van der Waals surface area contributed by atoms with Gasteiger partial charge in [0, 0.05) is 39.6 Å². The molecule has 6 heteroatoms. The van der Waals surface area contributed by atoms with Gasteiger partial charge in [-0.3, -0.25) is 9.59 Å². The first kappa shape index (κ1) is 15.6. The first-order valence-corrected chi connectivity index (χ1v) is 6.70. The molecular formula is C13H23N3O3. The molecule has 0 fully saturated rings. The molecule has 0 saturated heterocycles. The minimum absolute atomic E-state index is 0.0568. The Morgan fingerprint density at radius 2 is 2.21 bits per heavy atom. The highest BCUT2D eigenvalue weighted by Crippen LogP contribution is 2.06. The highest BCUT2D eigenvalue weighted by molar-refractivity contribution is 6.39. The third-order valence-electron chi connectivity index (χ3n) is 2.67. The zero-order valence-electron chi connectivity index (χ0n) is 11.9. The Labute approximate surface area is 114 Å². The molecule has 0 unspecified atom stereocenters. The second-order valence-electron chi connectivity index (χ2n) is 5.04. The van der Waals surface area contributed by atoms with E-state index >= 15 is 0 Å². The maximum atomic E-state index is 11.8. The van der Waals surface area contributed by atoms with Crippen LogP contribution in [0.15, 0.2) is 5.10 Å². The van der Waals surface area contributed by atoms with Crippen LogP contribution in [0.25, 0.3) is 0 Å². The van der Waals surface area contributed by atoms with Gasteiger partial charge < -0.3 is 10.1 Å². The summed E-state index contributed by atoms with van der Waals surface area (Å²) in [6, 6.07) is 0. The Balaban J connectivity index is 2.18. The third kappa shape index (κ3) is 5.83. The number of carbonyl (C=O) groups excluding carboxylic acids is 2. The maximum Gasteiger partial charge on any atom is 0.267 e. The monoisotopic (exact) mass is 269 g/mol. The molecule has 0 aromatic carbocycles. The fourth-order valence-corrected chi connectivity index (χ4v) is 1.63. The first-order chi connectivity index (χ1) is 9.00. The minimum atomic E-state index is -0.191. The Morgan fingerprint density at radius 1 is 1.47 bits per heavy atom. The summed E-state index contributed by atoms with van der Waals surface area (Å²) in [5, 5.41) is 7.97. The van der Waals surface area contributed by atoms with Crippen molar-refractivity contribution < 1.29 is 14.3 Å². The Morgan fingerprint density at radius 3 is 2.84 bits per heavy atom. The number of amides is 2. The smallest absolute Gasteiger partial charge is 0.267 e. The summed E-state index contributed by atoms with van der Waals surface area (Å²) >= 11 is 0. The molecule has 0 radical (unpaired) electrons. The fourth-order valence-electron chi connectivity index (χ4n) is 1.63. The maximum absolute atomic E-state index is 11.8. The van der Waals surface area contributed by atoms with Crippen LogP contribution < -0.4 is 5.32 Å². The van der Waals surface area contributed by atoms with E-state index in [0.29, 0.717) is 37.6 Å². The van der Waals surface area contributed by atoms with Crippen LogP contribution in [0.5, 0.6) is 0 Å². The molecule has 0 aromatic heterocycles. The molecule has 108 valence electrons. The van der Waals surface area contributed by atoms with E-state index in [1.807, 2.05) is 0 Å². The molecule has 1 rings (SSSR count). The quantitative estimate of drug-likeness (QED) is 0.694. The van der Waals surface area contributed by atoms with Gasteiger partial charge in [-0.15, -0.1) is 0 Å². The van der Waals surface area contributed by atoms with E-state index in [1.165, 1.54) is 5.01 Å². The van der Waals surface area contributed by atoms with Gasteiger partial charge in [0.25, 0.3) is 5.91 Å². The number of ether oxygens (including phenoxy) is 1. The van der Waals surface area contributed by atoms with Gasteiger partial charge in [0.1, 0.15) is 5.71 Å². The van der Waals surface area contributed by atoms with Gasteiger partial charge in [-0.25, -0.2) is 5.01 Å². The number of carbonyl (C=O) groups is 2. The van der Waals surface area contributed by atoms with Crippen molar-refractivity contribution in [2.45, 2.75) is 33.1 Å². The first-order valence-electron chi connectivity index (χ1n) is 6.70. The van der Waals surface area contributed by atoms with E-state index in [4.69, 9.17) is 4.74 Å². The molecule has 1 aliphatic rings. The number of nitrogens with zero attached hydrogens (tertiary/aromatic N) is 2. The molecule has 0 saturated carbocycles. The lowest BCUT2D eigenvalue weighted by Crippen LogP contribution is -2.38. The molecule has 0 aromatic rings. The second kappa shape index (κ2) is 7.89. The molecule has 19 heavy (non-hydrogen) atoms. The lowest BCUT2D eigenvalue weighted by atomic mass is 10.1. The largest absolute Gasteiger partial charge is 0.381 e. The van der Waals surface area contributed by atoms with Crippen molar-refractivity contribution in [3.63, 3.8) is 0 Å². The van der Waals surface area contributed by atoms with E-state index in [0.717, 1.165) is 13.0 Å². The second-order valence-corrected chi connectivity index (χ2v) is 5.04. The molecular weight excluding hydrogens is 246 g/mol. The standard InChI is InChI=1S/C13H23N3O3/c1-10(2)9-19-8-4-7-14-13(18)11-5-6-12(17)16(3)15-11/h10H,4-9H2,1-3H3,(H,14,18). The lowest BCUT2D eigenvalue weighted by Gasteiger charge is -2.18. The number of hydrogen-bond acceptors (Lipinski definition) is 4. The Bertz CT molecular complexity index is 353. The van der Waals surface area contributed by atoms with Gasteiger partial charge >= 0.3 is 0 Å². The van der Waals surface area contributed by atoms with E-state index in [9.17, 15) is 9.59 Å².